The fourth-order valence-corrected chi connectivity index (χ4v) is 2.75. The highest BCUT2D eigenvalue weighted by Gasteiger charge is 2.15. The standard InChI is InChI=1S/C9H8Br2O3.C4H8O2/c1-2-14-8-6(10)4-3-5(7(8)11)9(12)13;1-2-6-4-3-5-1/h3-4H,2H2,1H3,(H,12,13);1-4H2. The van der Waals surface area contributed by atoms with Gasteiger partial charge in [-0.2, -0.15) is 0 Å². The molecule has 0 saturated carbocycles. The van der Waals surface area contributed by atoms with Gasteiger partial charge < -0.3 is 19.3 Å². The van der Waals surface area contributed by atoms with Gasteiger partial charge in [0.15, 0.2) is 0 Å². The maximum atomic E-state index is 10.8. The maximum absolute atomic E-state index is 10.8. The van der Waals surface area contributed by atoms with E-state index >= 15 is 0 Å². The third-order valence-corrected chi connectivity index (χ3v) is 3.72. The first-order valence-corrected chi connectivity index (χ1v) is 7.66. The Balaban J connectivity index is 0.000000276. The van der Waals surface area contributed by atoms with Crippen molar-refractivity contribution in [2.45, 2.75) is 6.92 Å². The van der Waals surface area contributed by atoms with Gasteiger partial charge in [-0.15, -0.1) is 0 Å². The molecule has 0 radical (unpaired) electrons. The van der Waals surface area contributed by atoms with Crippen LogP contribution in [0, 0.1) is 0 Å². The zero-order valence-electron chi connectivity index (χ0n) is 11.0. The minimum absolute atomic E-state index is 0.191. The molecule has 1 aromatic rings. The van der Waals surface area contributed by atoms with Gasteiger partial charge in [-0.05, 0) is 50.9 Å². The SMILES string of the molecule is C1COCCO1.CCOc1c(Br)ccc(C(=O)O)c1Br. The highest BCUT2D eigenvalue weighted by atomic mass is 79.9. The lowest BCUT2D eigenvalue weighted by Crippen LogP contribution is -2.16. The molecule has 1 aliphatic heterocycles. The molecular formula is C13H16Br2O5. The van der Waals surface area contributed by atoms with Gasteiger partial charge >= 0.3 is 5.97 Å². The summed E-state index contributed by atoms with van der Waals surface area (Å²) >= 11 is 6.48. The molecule has 112 valence electrons. The van der Waals surface area contributed by atoms with Crippen LogP contribution in [0.5, 0.6) is 5.75 Å². The Morgan fingerprint density at radius 3 is 2.20 bits per heavy atom. The Morgan fingerprint density at radius 2 is 1.80 bits per heavy atom. The Morgan fingerprint density at radius 1 is 1.25 bits per heavy atom. The molecule has 1 aromatic carbocycles. The molecule has 0 unspecified atom stereocenters. The van der Waals surface area contributed by atoms with Gasteiger partial charge in [-0.3, -0.25) is 0 Å². The first-order chi connectivity index (χ1) is 9.57. The van der Waals surface area contributed by atoms with Crippen molar-refractivity contribution in [3.8, 4) is 5.75 Å². The van der Waals surface area contributed by atoms with Crippen LogP contribution < -0.4 is 4.74 Å². The molecule has 1 saturated heterocycles. The molecule has 2 rings (SSSR count). The number of ether oxygens (including phenoxy) is 3. The molecule has 1 fully saturated rings. The van der Waals surface area contributed by atoms with E-state index in [2.05, 4.69) is 31.9 Å². The van der Waals surface area contributed by atoms with Crippen LogP contribution >= 0.6 is 31.9 Å². The number of aromatic carboxylic acids is 1. The van der Waals surface area contributed by atoms with E-state index in [1.165, 1.54) is 6.07 Å². The topological polar surface area (TPSA) is 65.0 Å². The zero-order valence-corrected chi connectivity index (χ0v) is 14.2. The van der Waals surface area contributed by atoms with Crippen molar-refractivity contribution >= 4 is 37.8 Å². The van der Waals surface area contributed by atoms with Crippen LogP contribution in [-0.2, 0) is 9.47 Å². The molecule has 1 aliphatic rings. The third-order valence-electron chi connectivity index (χ3n) is 2.31. The van der Waals surface area contributed by atoms with Gasteiger partial charge in [0, 0.05) is 0 Å². The van der Waals surface area contributed by atoms with Crippen LogP contribution in [0.15, 0.2) is 21.1 Å². The second-order valence-electron chi connectivity index (χ2n) is 3.70. The summed E-state index contributed by atoms with van der Waals surface area (Å²) in [4.78, 5) is 10.8. The molecule has 1 N–H and O–H groups in total. The first-order valence-electron chi connectivity index (χ1n) is 6.07. The quantitative estimate of drug-likeness (QED) is 0.826. The van der Waals surface area contributed by atoms with Crippen LogP contribution in [0.1, 0.15) is 17.3 Å². The van der Waals surface area contributed by atoms with Crippen molar-refractivity contribution in [2.75, 3.05) is 33.0 Å². The first kappa shape index (κ1) is 17.4. The maximum Gasteiger partial charge on any atom is 0.336 e. The lowest BCUT2D eigenvalue weighted by atomic mass is 10.2. The highest BCUT2D eigenvalue weighted by Crippen LogP contribution is 2.36. The van der Waals surface area contributed by atoms with Crippen molar-refractivity contribution in [3.05, 3.63) is 26.6 Å². The van der Waals surface area contributed by atoms with Crippen LogP contribution in [-0.4, -0.2) is 44.1 Å². The zero-order chi connectivity index (χ0) is 15.0. The number of carboxylic acid groups (broad SMARTS) is 1. The summed E-state index contributed by atoms with van der Waals surface area (Å²) in [5.41, 5.74) is 0.191. The average molecular weight is 412 g/mol. The summed E-state index contributed by atoms with van der Waals surface area (Å²) in [7, 11) is 0. The van der Waals surface area contributed by atoms with Crippen LogP contribution in [0.25, 0.3) is 0 Å². The van der Waals surface area contributed by atoms with Crippen molar-refractivity contribution in [2.24, 2.45) is 0 Å². The molecule has 0 aliphatic carbocycles. The monoisotopic (exact) mass is 410 g/mol. The molecule has 1 heterocycles. The predicted octanol–water partition coefficient (Wildman–Crippen LogP) is 3.34. The number of rotatable bonds is 3. The van der Waals surface area contributed by atoms with E-state index in [1.54, 1.807) is 6.07 Å². The molecule has 20 heavy (non-hydrogen) atoms. The number of benzene rings is 1. The highest BCUT2D eigenvalue weighted by molar-refractivity contribution is 9.11. The Labute approximate surface area is 134 Å². The second kappa shape index (κ2) is 9.33. The van der Waals surface area contributed by atoms with Crippen molar-refractivity contribution < 1.29 is 24.1 Å². The lowest BCUT2D eigenvalue weighted by Gasteiger charge is -2.09. The van der Waals surface area contributed by atoms with E-state index < -0.39 is 5.97 Å². The van der Waals surface area contributed by atoms with Crippen molar-refractivity contribution in [3.63, 3.8) is 0 Å². The third kappa shape index (κ3) is 5.40. The molecule has 0 atom stereocenters. The summed E-state index contributed by atoms with van der Waals surface area (Å²) < 4.78 is 16.4. The molecule has 0 aromatic heterocycles. The van der Waals surface area contributed by atoms with Crippen molar-refractivity contribution in [1.29, 1.82) is 0 Å². The number of hydrogen-bond acceptors (Lipinski definition) is 4. The molecule has 5 nitrogen and oxygen atoms in total. The summed E-state index contributed by atoms with van der Waals surface area (Å²) in [6.45, 7) is 5.44. The fraction of sp³-hybridized carbons (Fsp3) is 0.462. The minimum Gasteiger partial charge on any atom is -0.491 e. The summed E-state index contributed by atoms with van der Waals surface area (Å²) in [5.74, 6) is -0.460. The fourth-order valence-electron chi connectivity index (χ4n) is 1.41. The van der Waals surface area contributed by atoms with Gasteiger partial charge in [0.25, 0.3) is 0 Å². The van der Waals surface area contributed by atoms with E-state index in [1.807, 2.05) is 6.92 Å². The minimum atomic E-state index is -0.981. The summed E-state index contributed by atoms with van der Waals surface area (Å²) in [6.07, 6.45) is 0. The number of carbonyl (C=O) groups is 1. The summed E-state index contributed by atoms with van der Waals surface area (Å²) in [5, 5.41) is 8.85. The number of carboxylic acids is 1. The van der Waals surface area contributed by atoms with Gasteiger partial charge in [0.05, 0.1) is 47.5 Å². The Kier molecular flexibility index (Phi) is 8.13. The molecule has 0 spiro atoms. The van der Waals surface area contributed by atoms with E-state index in [0.717, 1.165) is 30.9 Å². The largest absolute Gasteiger partial charge is 0.491 e. The molecular weight excluding hydrogens is 396 g/mol. The van der Waals surface area contributed by atoms with E-state index in [-0.39, 0.29) is 5.56 Å². The van der Waals surface area contributed by atoms with Gasteiger partial charge in [0.2, 0.25) is 0 Å². The second-order valence-corrected chi connectivity index (χ2v) is 5.35. The van der Waals surface area contributed by atoms with E-state index in [4.69, 9.17) is 19.3 Å². The Hall–Kier alpha value is -0.630. The van der Waals surface area contributed by atoms with E-state index in [9.17, 15) is 4.79 Å². The van der Waals surface area contributed by atoms with Crippen LogP contribution in [0.4, 0.5) is 0 Å². The molecule has 0 amide bonds. The molecule has 0 bridgehead atoms. The molecule has 7 heteroatoms. The van der Waals surface area contributed by atoms with Gasteiger partial charge in [-0.25, -0.2) is 4.79 Å². The van der Waals surface area contributed by atoms with Crippen LogP contribution in [0.3, 0.4) is 0 Å². The van der Waals surface area contributed by atoms with Crippen molar-refractivity contribution in [1.82, 2.24) is 0 Å². The van der Waals surface area contributed by atoms with Gasteiger partial charge in [-0.1, -0.05) is 0 Å². The number of hydrogen-bond donors (Lipinski definition) is 1. The predicted molar refractivity (Wildman–Crippen MR) is 81.6 cm³/mol. The van der Waals surface area contributed by atoms with E-state index in [0.29, 0.717) is 16.8 Å². The average Bonchev–Trinajstić information content (AvgIpc) is 2.45. The Bertz CT molecular complexity index is 435. The lowest BCUT2D eigenvalue weighted by molar-refractivity contribution is -0.0334. The van der Waals surface area contributed by atoms with Gasteiger partial charge in [0.1, 0.15) is 5.75 Å². The normalized spacial score (nSPS) is 14.2. The summed E-state index contributed by atoms with van der Waals surface area (Å²) in [6, 6.07) is 3.16. The smallest absolute Gasteiger partial charge is 0.336 e. The van der Waals surface area contributed by atoms with Crippen LogP contribution in [0.2, 0.25) is 0 Å². The number of halogens is 2.